The average molecular weight is 559 g/mol. The van der Waals surface area contributed by atoms with Crippen molar-refractivity contribution in [3.05, 3.63) is 51.7 Å². The van der Waals surface area contributed by atoms with Gasteiger partial charge in [-0.1, -0.05) is 24.3 Å². The molecule has 2 heterocycles. The minimum Gasteiger partial charge on any atom is -0.444 e. The van der Waals surface area contributed by atoms with E-state index in [1.807, 2.05) is 36.3 Å². The molecule has 0 unspecified atom stereocenters. The Morgan fingerprint density at radius 2 is 1.79 bits per heavy atom. The molecule has 10 heteroatoms. The summed E-state index contributed by atoms with van der Waals surface area (Å²) in [6, 6.07) is 7.37. The van der Waals surface area contributed by atoms with E-state index in [1.165, 1.54) is 11.3 Å². The highest BCUT2D eigenvalue weighted by Gasteiger charge is 2.20. The summed E-state index contributed by atoms with van der Waals surface area (Å²) in [5.74, 6) is -0.0490. The van der Waals surface area contributed by atoms with Crippen LogP contribution >= 0.6 is 11.3 Å². The van der Waals surface area contributed by atoms with Crippen molar-refractivity contribution >= 4 is 34.9 Å². The lowest BCUT2D eigenvalue weighted by Crippen LogP contribution is -2.44. The van der Waals surface area contributed by atoms with Crippen LogP contribution in [0.3, 0.4) is 0 Å². The largest absolute Gasteiger partial charge is 0.444 e. The lowest BCUT2D eigenvalue weighted by atomic mass is 10.0. The van der Waals surface area contributed by atoms with Gasteiger partial charge in [-0.2, -0.15) is 0 Å². The van der Waals surface area contributed by atoms with Gasteiger partial charge in [-0.15, -0.1) is 11.3 Å². The van der Waals surface area contributed by atoms with Crippen molar-refractivity contribution in [2.45, 2.75) is 65.6 Å². The van der Waals surface area contributed by atoms with Gasteiger partial charge in [-0.25, -0.2) is 9.59 Å². The number of Topliss-reactive ketones (excluding diaryl/α,β-unsaturated/α-hetero) is 1. The molecule has 214 valence electrons. The van der Waals surface area contributed by atoms with E-state index in [0.29, 0.717) is 24.3 Å². The SMILES string of the molecule is CC(C)NC(=O)N(CCCN1CCOCC1)Cc1ccc(C(=O)Cc2cscc2NC(=O)OC(C)(C)C)cc1. The average Bonchev–Trinajstić information content (AvgIpc) is 3.28. The van der Waals surface area contributed by atoms with E-state index in [9.17, 15) is 14.4 Å². The Morgan fingerprint density at radius 1 is 1.10 bits per heavy atom. The van der Waals surface area contributed by atoms with Gasteiger partial charge >= 0.3 is 12.1 Å². The fraction of sp³-hybridized carbons (Fsp3) is 0.552. The second-order valence-electron chi connectivity index (χ2n) is 11.1. The number of carbonyl (C=O) groups is 3. The Morgan fingerprint density at radius 3 is 2.44 bits per heavy atom. The normalized spacial score (nSPS) is 14.2. The highest BCUT2D eigenvalue weighted by atomic mass is 32.1. The van der Waals surface area contributed by atoms with Crippen molar-refractivity contribution < 1.29 is 23.9 Å². The summed E-state index contributed by atoms with van der Waals surface area (Å²) in [7, 11) is 0. The number of rotatable bonds is 11. The van der Waals surface area contributed by atoms with Gasteiger partial charge in [0.05, 0.1) is 18.9 Å². The maximum Gasteiger partial charge on any atom is 0.412 e. The van der Waals surface area contributed by atoms with Crippen LogP contribution in [0.5, 0.6) is 0 Å². The van der Waals surface area contributed by atoms with Crippen LogP contribution in [-0.2, 0) is 22.4 Å². The predicted octanol–water partition coefficient (Wildman–Crippen LogP) is 5.16. The first-order chi connectivity index (χ1) is 18.5. The number of ketones is 1. The van der Waals surface area contributed by atoms with E-state index in [-0.39, 0.29) is 24.3 Å². The maximum absolute atomic E-state index is 13.0. The minimum atomic E-state index is -0.606. The number of amides is 3. The Kier molecular flexibility index (Phi) is 11.3. The zero-order chi connectivity index (χ0) is 28.4. The first-order valence-corrected chi connectivity index (χ1v) is 14.5. The molecular weight excluding hydrogens is 516 g/mol. The molecule has 0 radical (unpaired) electrons. The van der Waals surface area contributed by atoms with Crippen LogP contribution in [0.25, 0.3) is 0 Å². The predicted molar refractivity (Wildman–Crippen MR) is 155 cm³/mol. The highest BCUT2D eigenvalue weighted by Crippen LogP contribution is 2.24. The summed E-state index contributed by atoms with van der Waals surface area (Å²) < 4.78 is 10.7. The number of urea groups is 1. The number of nitrogens with zero attached hydrogens (tertiary/aromatic N) is 2. The van der Waals surface area contributed by atoms with Crippen LogP contribution < -0.4 is 10.6 Å². The number of nitrogens with one attached hydrogen (secondary N) is 2. The standard InChI is InChI=1S/C29H42N4O5S/c1-21(2)30-27(35)33(12-6-11-32-13-15-37-16-14-32)18-22-7-9-23(10-8-22)26(34)17-24-19-39-20-25(24)31-28(36)38-29(3,4)5/h7-10,19-21H,6,11-18H2,1-5H3,(H,30,35)(H,31,36). The van der Waals surface area contributed by atoms with Crippen molar-refractivity contribution in [1.29, 1.82) is 0 Å². The molecule has 3 amide bonds. The van der Waals surface area contributed by atoms with Crippen LogP contribution in [-0.4, -0.2) is 78.7 Å². The van der Waals surface area contributed by atoms with Gasteiger partial charge in [-0.05, 0) is 57.5 Å². The second-order valence-corrected chi connectivity index (χ2v) is 11.8. The van der Waals surface area contributed by atoms with Crippen LogP contribution in [0.1, 0.15) is 62.5 Å². The van der Waals surface area contributed by atoms with Gasteiger partial charge < -0.3 is 19.7 Å². The van der Waals surface area contributed by atoms with Crippen LogP contribution in [0, 0.1) is 0 Å². The summed E-state index contributed by atoms with van der Waals surface area (Å²) in [6.45, 7) is 14.7. The van der Waals surface area contributed by atoms with E-state index in [0.717, 1.165) is 50.4 Å². The third-order valence-electron chi connectivity index (χ3n) is 6.08. The first-order valence-electron chi connectivity index (χ1n) is 13.5. The molecule has 0 saturated carbocycles. The Bertz CT molecular complexity index is 1090. The van der Waals surface area contributed by atoms with Crippen LogP contribution in [0.2, 0.25) is 0 Å². The fourth-order valence-corrected chi connectivity index (χ4v) is 4.96. The molecule has 39 heavy (non-hydrogen) atoms. The number of morpholine rings is 1. The molecule has 1 aliphatic heterocycles. The summed E-state index contributed by atoms with van der Waals surface area (Å²) >= 11 is 1.42. The highest BCUT2D eigenvalue weighted by molar-refractivity contribution is 7.08. The number of hydrogen-bond acceptors (Lipinski definition) is 7. The molecule has 1 aromatic heterocycles. The van der Waals surface area contributed by atoms with Gasteiger partial charge in [0, 0.05) is 56.1 Å². The minimum absolute atomic E-state index is 0.0473. The Hall–Kier alpha value is -2.95. The number of ether oxygens (including phenoxy) is 2. The summed E-state index contributed by atoms with van der Waals surface area (Å²) in [6.07, 6.45) is 0.496. The van der Waals surface area contributed by atoms with Crippen molar-refractivity contribution in [3.8, 4) is 0 Å². The van der Waals surface area contributed by atoms with Gasteiger partial charge in [0.15, 0.2) is 5.78 Å². The van der Waals surface area contributed by atoms with Crippen molar-refractivity contribution in [1.82, 2.24) is 15.1 Å². The molecule has 2 N–H and O–H groups in total. The zero-order valence-electron chi connectivity index (χ0n) is 23.7. The van der Waals surface area contributed by atoms with Crippen molar-refractivity contribution in [2.75, 3.05) is 44.7 Å². The summed E-state index contributed by atoms with van der Waals surface area (Å²) in [5, 5.41) is 9.40. The van der Waals surface area contributed by atoms with Gasteiger partial charge in [0.1, 0.15) is 5.60 Å². The third-order valence-corrected chi connectivity index (χ3v) is 6.88. The molecule has 0 aliphatic carbocycles. The van der Waals surface area contributed by atoms with E-state index >= 15 is 0 Å². The molecular formula is C29H42N4O5S. The van der Waals surface area contributed by atoms with E-state index in [4.69, 9.17) is 9.47 Å². The summed E-state index contributed by atoms with van der Waals surface area (Å²) in [4.78, 5) is 42.2. The number of hydrogen-bond donors (Lipinski definition) is 2. The molecule has 1 aliphatic rings. The molecule has 1 fully saturated rings. The second kappa shape index (κ2) is 14.4. The zero-order valence-corrected chi connectivity index (χ0v) is 24.6. The van der Waals surface area contributed by atoms with Crippen LogP contribution in [0.4, 0.5) is 15.3 Å². The fourth-order valence-electron chi connectivity index (χ4n) is 4.18. The molecule has 0 bridgehead atoms. The molecule has 2 aromatic rings. The van der Waals surface area contributed by atoms with Gasteiger partial charge in [0.2, 0.25) is 0 Å². The Labute approximate surface area is 235 Å². The molecule has 0 atom stereocenters. The third kappa shape index (κ3) is 10.6. The first kappa shape index (κ1) is 30.6. The monoisotopic (exact) mass is 558 g/mol. The van der Waals surface area contributed by atoms with E-state index in [1.54, 1.807) is 38.3 Å². The van der Waals surface area contributed by atoms with Crippen molar-refractivity contribution in [2.24, 2.45) is 0 Å². The molecule has 0 spiro atoms. The molecule has 1 saturated heterocycles. The Balaban J connectivity index is 1.58. The lowest BCUT2D eigenvalue weighted by Gasteiger charge is -2.29. The molecule has 3 rings (SSSR count). The molecule has 1 aromatic carbocycles. The van der Waals surface area contributed by atoms with Gasteiger partial charge in [0.25, 0.3) is 0 Å². The smallest absolute Gasteiger partial charge is 0.412 e. The van der Waals surface area contributed by atoms with E-state index < -0.39 is 11.7 Å². The quantitative estimate of drug-likeness (QED) is 0.370. The summed E-state index contributed by atoms with van der Waals surface area (Å²) in [5.41, 5.74) is 2.27. The number of benzene rings is 1. The maximum atomic E-state index is 13.0. The lowest BCUT2D eigenvalue weighted by molar-refractivity contribution is 0.0364. The van der Waals surface area contributed by atoms with Crippen molar-refractivity contribution in [3.63, 3.8) is 0 Å². The van der Waals surface area contributed by atoms with Gasteiger partial charge in [-0.3, -0.25) is 15.0 Å². The number of thiophene rings is 1. The number of anilines is 1. The topological polar surface area (TPSA) is 100 Å². The number of carbonyl (C=O) groups excluding carboxylic acids is 3. The van der Waals surface area contributed by atoms with Crippen LogP contribution in [0.15, 0.2) is 35.0 Å². The van der Waals surface area contributed by atoms with E-state index in [2.05, 4.69) is 15.5 Å². The molecule has 9 nitrogen and oxygen atoms in total.